The van der Waals surface area contributed by atoms with Crippen molar-refractivity contribution in [2.45, 2.75) is 5.92 Å². The van der Waals surface area contributed by atoms with E-state index >= 15 is 0 Å². The molecule has 1 aromatic rings. The molecule has 3 heteroatoms. The fraction of sp³-hybridized carbons (Fsp3) is 0.500. The average molecular weight is 207 g/mol. The summed E-state index contributed by atoms with van der Waals surface area (Å²) in [5.41, 5.74) is 1.20. The zero-order valence-electron chi connectivity index (χ0n) is 8.94. The van der Waals surface area contributed by atoms with Gasteiger partial charge in [-0.25, -0.2) is 0 Å². The number of ether oxygens (including phenoxy) is 1. The molecular weight excluding hydrogens is 190 g/mol. The molecule has 2 N–H and O–H groups in total. The molecular formula is C12H17NO2. The summed E-state index contributed by atoms with van der Waals surface area (Å²) in [5.74, 6) is 1.59. The van der Waals surface area contributed by atoms with E-state index in [9.17, 15) is 5.11 Å². The maximum Gasteiger partial charge on any atom is 0.122 e. The van der Waals surface area contributed by atoms with Crippen LogP contribution >= 0.6 is 0 Å². The van der Waals surface area contributed by atoms with Crippen LogP contribution < -0.4 is 10.1 Å². The minimum atomic E-state index is 0.232. The monoisotopic (exact) mass is 207 g/mol. The van der Waals surface area contributed by atoms with Crippen molar-refractivity contribution < 1.29 is 9.84 Å². The van der Waals surface area contributed by atoms with E-state index < -0.39 is 0 Å². The van der Waals surface area contributed by atoms with Crippen LogP contribution in [0, 0.1) is 5.92 Å². The molecule has 15 heavy (non-hydrogen) atoms. The minimum Gasteiger partial charge on any atom is -0.496 e. The second-order valence-corrected chi connectivity index (χ2v) is 3.95. The van der Waals surface area contributed by atoms with Gasteiger partial charge in [0.1, 0.15) is 5.75 Å². The van der Waals surface area contributed by atoms with E-state index in [0.717, 1.165) is 18.8 Å². The molecule has 2 rings (SSSR count). The third-order valence-electron chi connectivity index (χ3n) is 3.11. The summed E-state index contributed by atoms with van der Waals surface area (Å²) >= 11 is 0. The van der Waals surface area contributed by atoms with Crippen LogP contribution in [-0.4, -0.2) is 31.9 Å². The molecule has 1 heterocycles. The Kier molecular flexibility index (Phi) is 3.23. The molecule has 1 aromatic carbocycles. The predicted octanol–water partition coefficient (Wildman–Crippen LogP) is 0.990. The van der Waals surface area contributed by atoms with Crippen molar-refractivity contribution >= 4 is 0 Å². The summed E-state index contributed by atoms with van der Waals surface area (Å²) in [6.45, 7) is 2.04. The van der Waals surface area contributed by atoms with Crippen LogP contribution in [0.5, 0.6) is 5.75 Å². The van der Waals surface area contributed by atoms with Gasteiger partial charge in [0.15, 0.2) is 0 Å². The molecule has 0 saturated carbocycles. The highest BCUT2D eigenvalue weighted by Crippen LogP contribution is 2.33. The van der Waals surface area contributed by atoms with E-state index in [0.29, 0.717) is 11.8 Å². The highest BCUT2D eigenvalue weighted by atomic mass is 16.5. The van der Waals surface area contributed by atoms with Crippen LogP contribution in [0.15, 0.2) is 24.3 Å². The Morgan fingerprint density at radius 2 is 2.20 bits per heavy atom. The van der Waals surface area contributed by atoms with Gasteiger partial charge in [-0.1, -0.05) is 18.2 Å². The third-order valence-corrected chi connectivity index (χ3v) is 3.11. The van der Waals surface area contributed by atoms with Gasteiger partial charge in [-0.2, -0.15) is 0 Å². The third kappa shape index (κ3) is 1.98. The molecule has 0 radical (unpaired) electrons. The molecule has 0 amide bonds. The number of methoxy groups -OCH3 is 1. The van der Waals surface area contributed by atoms with Crippen LogP contribution in [-0.2, 0) is 0 Å². The van der Waals surface area contributed by atoms with Crippen molar-refractivity contribution in [1.29, 1.82) is 0 Å². The Labute approximate surface area is 90.1 Å². The summed E-state index contributed by atoms with van der Waals surface area (Å²) in [6.07, 6.45) is 0. The van der Waals surface area contributed by atoms with Crippen LogP contribution in [0.25, 0.3) is 0 Å². The van der Waals surface area contributed by atoms with E-state index in [1.54, 1.807) is 7.11 Å². The average Bonchev–Trinajstić information content (AvgIpc) is 2.76. The molecule has 82 valence electrons. The maximum absolute atomic E-state index is 9.28. The molecule has 0 aromatic heterocycles. The molecule has 1 aliphatic heterocycles. The second kappa shape index (κ2) is 4.64. The van der Waals surface area contributed by atoms with E-state index in [-0.39, 0.29) is 6.61 Å². The minimum absolute atomic E-state index is 0.232. The highest BCUT2D eigenvalue weighted by molar-refractivity contribution is 5.37. The largest absolute Gasteiger partial charge is 0.496 e. The fourth-order valence-corrected chi connectivity index (χ4v) is 2.26. The van der Waals surface area contributed by atoms with Gasteiger partial charge in [-0.15, -0.1) is 0 Å². The first-order valence-electron chi connectivity index (χ1n) is 5.31. The standard InChI is InChI=1S/C12H17NO2/c1-15-12-5-3-2-4-10(12)11-7-13-6-9(11)8-14/h2-5,9,11,13-14H,6-8H2,1H3/t9-,11+/m0/s1. The molecule has 1 fully saturated rings. The summed E-state index contributed by atoms with van der Waals surface area (Å²) in [5, 5.41) is 12.6. The number of benzene rings is 1. The number of para-hydroxylation sites is 1. The lowest BCUT2D eigenvalue weighted by molar-refractivity contribution is 0.225. The van der Waals surface area contributed by atoms with Crippen LogP contribution in [0.2, 0.25) is 0 Å². The lowest BCUT2D eigenvalue weighted by Crippen LogP contribution is -2.15. The normalized spacial score (nSPS) is 25.5. The molecule has 1 aliphatic rings. The van der Waals surface area contributed by atoms with Gasteiger partial charge in [0.05, 0.1) is 7.11 Å². The van der Waals surface area contributed by atoms with Gasteiger partial charge in [-0.3, -0.25) is 0 Å². The summed E-state index contributed by atoms with van der Waals surface area (Å²) < 4.78 is 5.34. The van der Waals surface area contributed by atoms with E-state index in [1.165, 1.54) is 5.56 Å². The molecule has 2 atom stereocenters. The van der Waals surface area contributed by atoms with Crippen molar-refractivity contribution in [1.82, 2.24) is 5.32 Å². The Hall–Kier alpha value is -1.06. The van der Waals surface area contributed by atoms with Crippen LogP contribution in [0.3, 0.4) is 0 Å². The lowest BCUT2D eigenvalue weighted by Gasteiger charge is -2.19. The molecule has 0 bridgehead atoms. The van der Waals surface area contributed by atoms with Gasteiger partial charge in [0, 0.05) is 31.5 Å². The summed E-state index contributed by atoms with van der Waals surface area (Å²) in [4.78, 5) is 0. The van der Waals surface area contributed by atoms with Crippen molar-refractivity contribution in [2.24, 2.45) is 5.92 Å². The van der Waals surface area contributed by atoms with E-state index in [4.69, 9.17) is 4.74 Å². The smallest absolute Gasteiger partial charge is 0.122 e. The SMILES string of the molecule is COc1ccccc1[C@@H]1CNC[C@H]1CO. The second-order valence-electron chi connectivity index (χ2n) is 3.95. The van der Waals surface area contributed by atoms with E-state index in [1.807, 2.05) is 18.2 Å². The fourth-order valence-electron chi connectivity index (χ4n) is 2.26. The molecule has 0 aliphatic carbocycles. The number of rotatable bonds is 3. The van der Waals surface area contributed by atoms with Crippen molar-refractivity contribution in [3.63, 3.8) is 0 Å². The first kappa shape index (κ1) is 10.5. The Balaban J connectivity index is 2.27. The van der Waals surface area contributed by atoms with Gasteiger partial charge < -0.3 is 15.2 Å². The number of aliphatic hydroxyl groups is 1. The number of hydrogen-bond acceptors (Lipinski definition) is 3. The van der Waals surface area contributed by atoms with Crippen molar-refractivity contribution in [3.8, 4) is 5.75 Å². The van der Waals surface area contributed by atoms with Crippen molar-refractivity contribution in [3.05, 3.63) is 29.8 Å². The van der Waals surface area contributed by atoms with Gasteiger partial charge in [0.2, 0.25) is 0 Å². The predicted molar refractivity (Wildman–Crippen MR) is 59.2 cm³/mol. The van der Waals surface area contributed by atoms with Crippen molar-refractivity contribution in [2.75, 3.05) is 26.8 Å². The first-order valence-corrected chi connectivity index (χ1v) is 5.31. The molecule has 0 unspecified atom stereocenters. The topological polar surface area (TPSA) is 41.5 Å². The number of aliphatic hydroxyl groups excluding tert-OH is 1. The van der Waals surface area contributed by atoms with Gasteiger partial charge in [-0.05, 0) is 11.6 Å². The van der Waals surface area contributed by atoms with Crippen LogP contribution in [0.4, 0.5) is 0 Å². The molecule has 3 nitrogen and oxygen atoms in total. The Morgan fingerprint density at radius 1 is 1.40 bits per heavy atom. The lowest BCUT2D eigenvalue weighted by atomic mass is 9.89. The zero-order chi connectivity index (χ0) is 10.7. The summed E-state index contributed by atoms with van der Waals surface area (Å²) in [6, 6.07) is 8.05. The molecule has 0 spiro atoms. The number of hydrogen-bond donors (Lipinski definition) is 2. The Morgan fingerprint density at radius 3 is 2.93 bits per heavy atom. The molecule has 1 saturated heterocycles. The van der Waals surface area contributed by atoms with E-state index in [2.05, 4.69) is 11.4 Å². The Bertz CT molecular complexity index is 327. The first-order chi connectivity index (χ1) is 7.36. The van der Waals surface area contributed by atoms with Gasteiger partial charge >= 0.3 is 0 Å². The maximum atomic E-state index is 9.28. The van der Waals surface area contributed by atoms with Gasteiger partial charge in [0.25, 0.3) is 0 Å². The highest BCUT2D eigenvalue weighted by Gasteiger charge is 2.29. The summed E-state index contributed by atoms with van der Waals surface area (Å²) in [7, 11) is 1.69. The quantitative estimate of drug-likeness (QED) is 0.776. The zero-order valence-corrected chi connectivity index (χ0v) is 8.94. The number of nitrogens with one attached hydrogen (secondary N) is 1. The van der Waals surface area contributed by atoms with Crippen LogP contribution in [0.1, 0.15) is 11.5 Å².